The number of nitrogens with zero attached hydrogens (tertiary/aromatic N) is 2. The van der Waals surface area contributed by atoms with Crippen LogP contribution in [0.15, 0.2) is 6.20 Å². The molecule has 1 aliphatic rings. The number of hydrogen-bond donors (Lipinski definition) is 2. The average Bonchev–Trinajstić information content (AvgIpc) is 2.30. The molecule has 0 amide bonds. The van der Waals surface area contributed by atoms with E-state index in [4.69, 9.17) is 0 Å². The fraction of sp³-hybridized carbons (Fsp3) is 0.714. The molecular weight excluding hydrogens is 226 g/mol. The summed E-state index contributed by atoms with van der Waals surface area (Å²) >= 11 is 0. The Balaban J connectivity index is 2.00. The molecule has 4 heteroatoms. The van der Waals surface area contributed by atoms with Gasteiger partial charge in [-0.1, -0.05) is 19.8 Å². The number of aromatic nitrogens is 2. The first-order valence-electron chi connectivity index (χ1n) is 6.75. The summed E-state index contributed by atoms with van der Waals surface area (Å²) in [7, 11) is 0. The Morgan fingerprint density at radius 3 is 3.00 bits per heavy atom. The molecule has 1 aliphatic carbocycles. The Labute approximate surface area is 109 Å². The first-order chi connectivity index (χ1) is 8.48. The molecule has 1 aromatic heterocycles. The van der Waals surface area contributed by atoms with Crippen LogP contribution < -0.4 is 5.32 Å². The summed E-state index contributed by atoms with van der Waals surface area (Å²) in [5.41, 5.74) is 1.19. The number of hydrogen-bond acceptors (Lipinski definition) is 4. The van der Waals surface area contributed by atoms with Crippen LogP contribution in [-0.2, 0) is 0 Å². The summed E-state index contributed by atoms with van der Waals surface area (Å²) in [5.74, 6) is 1.40. The van der Waals surface area contributed by atoms with Crippen molar-refractivity contribution in [2.24, 2.45) is 5.92 Å². The molecule has 1 heterocycles. The van der Waals surface area contributed by atoms with Gasteiger partial charge in [0.1, 0.15) is 5.82 Å². The number of nitrogens with one attached hydrogen (secondary N) is 1. The van der Waals surface area contributed by atoms with Gasteiger partial charge in [0.05, 0.1) is 17.0 Å². The Kier molecular flexibility index (Phi) is 3.85. The van der Waals surface area contributed by atoms with E-state index in [1.165, 1.54) is 6.42 Å². The van der Waals surface area contributed by atoms with E-state index in [1.807, 2.05) is 13.8 Å². The van der Waals surface area contributed by atoms with Crippen molar-refractivity contribution in [3.63, 3.8) is 0 Å². The largest absolute Gasteiger partial charge is 0.388 e. The second kappa shape index (κ2) is 5.22. The highest BCUT2D eigenvalue weighted by atomic mass is 16.3. The van der Waals surface area contributed by atoms with Gasteiger partial charge >= 0.3 is 0 Å². The first kappa shape index (κ1) is 13.3. The molecule has 0 aromatic carbocycles. The molecular formula is C14H23N3O. The van der Waals surface area contributed by atoms with Gasteiger partial charge in [-0.2, -0.15) is 0 Å². The third-order valence-electron chi connectivity index (χ3n) is 3.73. The molecule has 18 heavy (non-hydrogen) atoms. The second-order valence-electron chi connectivity index (χ2n) is 5.72. The Bertz CT molecular complexity index is 422. The molecule has 2 rings (SSSR count). The standard InChI is InChI=1S/C14H23N3O/c1-10-5-4-6-14(18,7-10)9-16-13-12(3)15-8-11(2)17-13/h8,10,18H,4-7,9H2,1-3H3,(H,16,17). The summed E-state index contributed by atoms with van der Waals surface area (Å²) < 4.78 is 0. The highest BCUT2D eigenvalue weighted by Gasteiger charge is 2.32. The maximum absolute atomic E-state index is 10.6. The number of rotatable bonds is 3. The first-order valence-corrected chi connectivity index (χ1v) is 6.75. The highest BCUT2D eigenvalue weighted by Crippen LogP contribution is 2.32. The van der Waals surface area contributed by atoms with E-state index >= 15 is 0 Å². The van der Waals surface area contributed by atoms with Crippen molar-refractivity contribution in [3.05, 3.63) is 17.6 Å². The fourth-order valence-electron chi connectivity index (χ4n) is 2.75. The molecule has 100 valence electrons. The molecule has 1 saturated carbocycles. The number of anilines is 1. The van der Waals surface area contributed by atoms with Crippen molar-refractivity contribution in [3.8, 4) is 0 Å². The topological polar surface area (TPSA) is 58.0 Å². The Hall–Kier alpha value is -1.16. The Morgan fingerprint density at radius 1 is 1.50 bits per heavy atom. The summed E-state index contributed by atoms with van der Waals surface area (Å²) in [6.07, 6.45) is 5.85. The van der Waals surface area contributed by atoms with Gasteiger partial charge in [0, 0.05) is 12.7 Å². The van der Waals surface area contributed by atoms with Gasteiger partial charge in [-0.15, -0.1) is 0 Å². The molecule has 2 N–H and O–H groups in total. The molecule has 0 saturated heterocycles. The zero-order valence-corrected chi connectivity index (χ0v) is 11.5. The summed E-state index contributed by atoms with van der Waals surface area (Å²) in [5, 5.41) is 13.8. The predicted octanol–water partition coefficient (Wildman–Crippen LogP) is 2.45. The lowest BCUT2D eigenvalue weighted by Gasteiger charge is -2.35. The SMILES string of the molecule is Cc1cnc(C)c(NCC2(O)CCCC(C)C2)n1. The maximum atomic E-state index is 10.6. The van der Waals surface area contributed by atoms with Crippen LogP contribution in [0, 0.1) is 19.8 Å². The third kappa shape index (κ3) is 3.19. The van der Waals surface area contributed by atoms with Gasteiger partial charge in [0.2, 0.25) is 0 Å². The van der Waals surface area contributed by atoms with Crippen molar-refractivity contribution in [1.29, 1.82) is 0 Å². The summed E-state index contributed by atoms with van der Waals surface area (Å²) in [6, 6.07) is 0. The minimum absolute atomic E-state index is 0.566. The van der Waals surface area contributed by atoms with Crippen molar-refractivity contribution in [2.75, 3.05) is 11.9 Å². The molecule has 0 aliphatic heterocycles. The van der Waals surface area contributed by atoms with Gasteiger partial charge in [0.25, 0.3) is 0 Å². The molecule has 0 bridgehead atoms. The van der Waals surface area contributed by atoms with Crippen molar-refractivity contribution in [2.45, 2.75) is 52.1 Å². The van der Waals surface area contributed by atoms with Crippen molar-refractivity contribution in [1.82, 2.24) is 9.97 Å². The monoisotopic (exact) mass is 249 g/mol. The summed E-state index contributed by atoms with van der Waals surface area (Å²) in [4.78, 5) is 8.70. The van der Waals surface area contributed by atoms with Crippen LogP contribution >= 0.6 is 0 Å². The van der Waals surface area contributed by atoms with Crippen LogP contribution in [-0.4, -0.2) is 27.2 Å². The molecule has 1 fully saturated rings. The van der Waals surface area contributed by atoms with Crippen LogP contribution in [0.25, 0.3) is 0 Å². The van der Waals surface area contributed by atoms with Crippen molar-refractivity contribution < 1.29 is 5.11 Å². The van der Waals surface area contributed by atoms with Crippen LogP contribution in [0.3, 0.4) is 0 Å². The second-order valence-corrected chi connectivity index (χ2v) is 5.72. The van der Waals surface area contributed by atoms with Crippen molar-refractivity contribution >= 4 is 5.82 Å². The summed E-state index contributed by atoms with van der Waals surface area (Å²) in [6.45, 7) is 6.63. The third-order valence-corrected chi connectivity index (χ3v) is 3.73. The van der Waals surface area contributed by atoms with Crippen LogP contribution in [0.2, 0.25) is 0 Å². The normalized spacial score (nSPS) is 28.1. The van der Waals surface area contributed by atoms with E-state index in [1.54, 1.807) is 6.20 Å². The van der Waals surface area contributed by atoms with E-state index < -0.39 is 5.60 Å². The molecule has 4 nitrogen and oxygen atoms in total. The van der Waals surface area contributed by atoms with Gasteiger partial charge in [-0.05, 0) is 32.6 Å². The lowest BCUT2D eigenvalue weighted by molar-refractivity contribution is -0.000840. The fourth-order valence-corrected chi connectivity index (χ4v) is 2.75. The lowest BCUT2D eigenvalue weighted by Crippen LogP contribution is -2.41. The van der Waals surface area contributed by atoms with Gasteiger partial charge in [-0.25, -0.2) is 4.98 Å². The van der Waals surface area contributed by atoms with Crippen LogP contribution in [0.5, 0.6) is 0 Å². The van der Waals surface area contributed by atoms with Gasteiger partial charge < -0.3 is 10.4 Å². The molecule has 1 aromatic rings. The van der Waals surface area contributed by atoms with E-state index in [9.17, 15) is 5.11 Å². The minimum Gasteiger partial charge on any atom is -0.388 e. The molecule has 0 radical (unpaired) electrons. The van der Waals surface area contributed by atoms with Crippen LogP contribution in [0.4, 0.5) is 5.82 Å². The Morgan fingerprint density at radius 2 is 2.28 bits per heavy atom. The minimum atomic E-state index is -0.588. The lowest BCUT2D eigenvalue weighted by atomic mass is 9.79. The zero-order valence-electron chi connectivity index (χ0n) is 11.5. The number of aliphatic hydroxyl groups is 1. The number of aryl methyl sites for hydroxylation is 2. The van der Waals surface area contributed by atoms with Gasteiger partial charge in [0.15, 0.2) is 0 Å². The van der Waals surface area contributed by atoms with E-state index in [0.717, 1.165) is 36.5 Å². The average molecular weight is 249 g/mol. The highest BCUT2D eigenvalue weighted by molar-refractivity contribution is 5.39. The maximum Gasteiger partial charge on any atom is 0.147 e. The molecule has 0 spiro atoms. The predicted molar refractivity (Wildman–Crippen MR) is 72.6 cm³/mol. The quantitative estimate of drug-likeness (QED) is 0.864. The zero-order chi connectivity index (χ0) is 13.2. The van der Waals surface area contributed by atoms with E-state index in [0.29, 0.717) is 12.5 Å². The van der Waals surface area contributed by atoms with E-state index in [2.05, 4.69) is 22.2 Å². The van der Waals surface area contributed by atoms with E-state index in [-0.39, 0.29) is 0 Å². The van der Waals surface area contributed by atoms with Crippen LogP contribution in [0.1, 0.15) is 44.0 Å². The molecule has 2 unspecified atom stereocenters. The smallest absolute Gasteiger partial charge is 0.147 e. The van der Waals surface area contributed by atoms with Gasteiger partial charge in [-0.3, -0.25) is 4.98 Å². The molecule has 2 atom stereocenters.